The summed E-state index contributed by atoms with van der Waals surface area (Å²) in [5.74, 6) is 0. The van der Waals surface area contributed by atoms with Gasteiger partial charge in [-0.25, -0.2) is 0 Å². The first-order valence-electron chi connectivity index (χ1n) is 19.6. The summed E-state index contributed by atoms with van der Waals surface area (Å²) in [6.45, 7) is 4.72. The van der Waals surface area contributed by atoms with Gasteiger partial charge in [-0.2, -0.15) is 0 Å². The summed E-state index contributed by atoms with van der Waals surface area (Å²) in [6.07, 6.45) is 0. The van der Waals surface area contributed by atoms with E-state index in [-0.39, 0.29) is 5.41 Å². The van der Waals surface area contributed by atoms with Crippen LogP contribution in [0.25, 0.3) is 76.5 Å². The summed E-state index contributed by atoms with van der Waals surface area (Å²) < 4.78 is 0. The molecule has 1 nitrogen and oxygen atoms in total. The molecular formula is C55H39N. The standard InChI is InChI=1S/C55H39N/c1-55(2)50-28-16-15-24-42(50)47-35-38(29-31-51(47)55)53-44-26-13-14-27-45(44)54(49-34-37-18-10-9-17-36(37)33-48(49)53)46-30-32-52(43-25-12-11-23-41(43)46)56(39-19-5-3-6-20-39)40-21-7-4-8-22-40/h3-35H,1-2H3. The topological polar surface area (TPSA) is 3.24 Å². The molecule has 0 atom stereocenters. The molecule has 0 amide bonds. The second kappa shape index (κ2) is 12.5. The average Bonchev–Trinajstić information content (AvgIpc) is 3.48. The van der Waals surface area contributed by atoms with Crippen molar-refractivity contribution in [2.24, 2.45) is 0 Å². The minimum atomic E-state index is -0.0432. The molecule has 0 saturated heterocycles. The molecule has 1 aliphatic rings. The number of rotatable bonds is 5. The lowest BCUT2D eigenvalue weighted by molar-refractivity contribution is 0.660. The Labute approximate surface area is 327 Å². The van der Waals surface area contributed by atoms with Crippen molar-refractivity contribution >= 4 is 60.2 Å². The van der Waals surface area contributed by atoms with Crippen molar-refractivity contribution in [3.05, 3.63) is 211 Å². The zero-order valence-electron chi connectivity index (χ0n) is 31.5. The fourth-order valence-electron chi connectivity index (χ4n) is 9.62. The van der Waals surface area contributed by atoms with Gasteiger partial charge in [-0.3, -0.25) is 0 Å². The van der Waals surface area contributed by atoms with E-state index < -0.39 is 0 Å². The minimum Gasteiger partial charge on any atom is -0.310 e. The van der Waals surface area contributed by atoms with E-state index >= 15 is 0 Å². The van der Waals surface area contributed by atoms with Crippen LogP contribution >= 0.6 is 0 Å². The van der Waals surface area contributed by atoms with E-state index in [2.05, 4.69) is 219 Å². The number of benzene rings is 10. The zero-order chi connectivity index (χ0) is 37.4. The number of hydrogen-bond acceptors (Lipinski definition) is 1. The van der Waals surface area contributed by atoms with Gasteiger partial charge in [-0.1, -0.05) is 166 Å². The Morgan fingerprint density at radius 1 is 0.339 bits per heavy atom. The number of para-hydroxylation sites is 2. The Morgan fingerprint density at radius 2 is 0.857 bits per heavy atom. The van der Waals surface area contributed by atoms with Gasteiger partial charge in [-0.05, 0) is 131 Å². The second-order valence-electron chi connectivity index (χ2n) is 15.7. The first-order valence-corrected chi connectivity index (χ1v) is 19.6. The lowest BCUT2D eigenvalue weighted by Gasteiger charge is -2.28. The smallest absolute Gasteiger partial charge is 0.0540 e. The van der Waals surface area contributed by atoms with Gasteiger partial charge < -0.3 is 4.90 Å². The third-order valence-electron chi connectivity index (χ3n) is 12.2. The Hall–Kier alpha value is -6.96. The van der Waals surface area contributed by atoms with Crippen molar-refractivity contribution in [2.45, 2.75) is 19.3 Å². The van der Waals surface area contributed by atoms with Crippen LogP contribution in [-0.4, -0.2) is 0 Å². The predicted molar refractivity (Wildman–Crippen MR) is 240 cm³/mol. The molecule has 0 bridgehead atoms. The van der Waals surface area contributed by atoms with E-state index in [0.717, 1.165) is 17.1 Å². The van der Waals surface area contributed by atoms with Gasteiger partial charge in [0.1, 0.15) is 0 Å². The zero-order valence-corrected chi connectivity index (χ0v) is 31.5. The highest BCUT2D eigenvalue weighted by atomic mass is 15.1. The van der Waals surface area contributed by atoms with Gasteiger partial charge in [0.05, 0.1) is 5.69 Å². The molecule has 10 aromatic carbocycles. The molecule has 11 rings (SSSR count). The summed E-state index contributed by atoms with van der Waals surface area (Å²) in [7, 11) is 0. The highest BCUT2D eigenvalue weighted by Crippen LogP contribution is 2.52. The first-order chi connectivity index (χ1) is 27.6. The van der Waals surface area contributed by atoms with Gasteiger partial charge in [0.25, 0.3) is 0 Å². The molecule has 0 aliphatic heterocycles. The highest BCUT2D eigenvalue weighted by molar-refractivity contribution is 6.26. The number of fused-ring (bicyclic) bond motifs is 7. The van der Waals surface area contributed by atoms with Gasteiger partial charge >= 0.3 is 0 Å². The van der Waals surface area contributed by atoms with E-state index in [1.54, 1.807) is 0 Å². The van der Waals surface area contributed by atoms with E-state index in [0.29, 0.717) is 0 Å². The largest absolute Gasteiger partial charge is 0.310 e. The third kappa shape index (κ3) is 4.87. The SMILES string of the molecule is CC1(C)c2ccccc2-c2cc(-c3c4ccccc4c(-c4ccc(N(c5ccccc5)c5ccccc5)c5ccccc45)c4cc5ccccc5cc34)ccc21. The maximum Gasteiger partial charge on any atom is 0.0540 e. The second-order valence-corrected chi connectivity index (χ2v) is 15.7. The van der Waals surface area contributed by atoms with Crippen LogP contribution in [0.4, 0.5) is 17.1 Å². The van der Waals surface area contributed by atoms with Crippen molar-refractivity contribution in [3.8, 4) is 33.4 Å². The number of anilines is 3. The monoisotopic (exact) mass is 713 g/mol. The molecule has 264 valence electrons. The Bertz CT molecular complexity index is 3120. The molecule has 56 heavy (non-hydrogen) atoms. The number of hydrogen-bond donors (Lipinski definition) is 0. The van der Waals surface area contributed by atoms with E-state index in [1.807, 2.05) is 0 Å². The highest BCUT2D eigenvalue weighted by Gasteiger charge is 2.35. The Kier molecular flexibility index (Phi) is 7.28. The molecule has 0 saturated carbocycles. The molecule has 0 spiro atoms. The molecule has 0 unspecified atom stereocenters. The maximum atomic E-state index is 2.46. The first kappa shape index (κ1) is 32.5. The Balaban J connectivity index is 1.22. The molecule has 0 fully saturated rings. The van der Waals surface area contributed by atoms with Crippen LogP contribution in [0.15, 0.2) is 200 Å². The van der Waals surface area contributed by atoms with Crippen molar-refractivity contribution in [1.29, 1.82) is 0 Å². The summed E-state index contributed by atoms with van der Waals surface area (Å²) >= 11 is 0. The lowest BCUT2D eigenvalue weighted by atomic mass is 9.81. The lowest BCUT2D eigenvalue weighted by Crippen LogP contribution is -2.14. The van der Waals surface area contributed by atoms with E-state index in [4.69, 9.17) is 0 Å². The van der Waals surface area contributed by atoms with Gasteiger partial charge in [0.2, 0.25) is 0 Å². The molecular weight excluding hydrogens is 675 g/mol. The quantitative estimate of drug-likeness (QED) is 0.161. The van der Waals surface area contributed by atoms with Gasteiger partial charge in [0, 0.05) is 22.2 Å². The predicted octanol–water partition coefficient (Wildman–Crippen LogP) is 15.4. The van der Waals surface area contributed by atoms with Gasteiger partial charge in [-0.15, -0.1) is 0 Å². The summed E-state index contributed by atoms with van der Waals surface area (Å²) in [6, 6.07) is 74.0. The molecule has 0 radical (unpaired) electrons. The van der Waals surface area contributed by atoms with E-state index in [1.165, 1.54) is 87.6 Å². The van der Waals surface area contributed by atoms with Crippen molar-refractivity contribution in [1.82, 2.24) is 0 Å². The maximum absolute atomic E-state index is 2.46. The third-order valence-corrected chi connectivity index (χ3v) is 12.2. The van der Waals surface area contributed by atoms with Crippen molar-refractivity contribution in [2.75, 3.05) is 4.90 Å². The summed E-state index contributed by atoms with van der Waals surface area (Å²) in [4.78, 5) is 2.38. The van der Waals surface area contributed by atoms with Crippen LogP contribution < -0.4 is 4.90 Å². The minimum absolute atomic E-state index is 0.0432. The van der Waals surface area contributed by atoms with Crippen LogP contribution in [-0.2, 0) is 5.41 Å². The molecule has 0 aromatic heterocycles. The van der Waals surface area contributed by atoms with Crippen LogP contribution in [0.2, 0.25) is 0 Å². The Morgan fingerprint density at radius 3 is 1.54 bits per heavy atom. The van der Waals surface area contributed by atoms with Crippen molar-refractivity contribution in [3.63, 3.8) is 0 Å². The fourth-order valence-corrected chi connectivity index (χ4v) is 9.62. The van der Waals surface area contributed by atoms with Crippen molar-refractivity contribution < 1.29 is 0 Å². The molecule has 10 aromatic rings. The van der Waals surface area contributed by atoms with Crippen LogP contribution in [0.5, 0.6) is 0 Å². The molecule has 0 heterocycles. The molecule has 0 N–H and O–H groups in total. The van der Waals surface area contributed by atoms with Crippen LogP contribution in [0.3, 0.4) is 0 Å². The summed E-state index contributed by atoms with van der Waals surface area (Å²) in [5.41, 5.74) is 13.9. The van der Waals surface area contributed by atoms with E-state index in [9.17, 15) is 0 Å². The fraction of sp³-hybridized carbons (Fsp3) is 0.0545. The van der Waals surface area contributed by atoms with Crippen LogP contribution in [0, 0.1) is 0 Å². The normalized spacial score (nSPS) is 13.0. The van der Waals surface area contributed by atoms with Crippen LogP contribution in [0.1, 0.15) is 25.0 Å². The summed E-state index contributed by atoms with van der Waals surface area (Å²) in [5, 5.41) is 9.98. The van der Waals surface area contributed by atoms with Gasteiger partial charge in [0.15, 0.2) is 0 Å². The number of nitrogens with zero attached hydrogens (tertiary/aromatic N) is 1. The average molecular weight is 714 g/mol. The molecule has 1 aliphatic carbocycles. The molecule has 1 heteroatoms.